The van der Waals surface area contributed by atoms with E-state index in [2.05, 4.69) is 10.5 Å². The maximum Gasteiger partial charge on any atom is 0.277 e. The first-order chi connectivity index (χ1) is 8.25. The molecule has 1 saturated carbocycles. The van der Waals surface area contributed by atoms with Crippen molar-refractivity contribution in [3.05, 3.63) is 30.3 Å². The predicted molar refractivity (Wildman–Crippen MR) is 65.9 cm³/mol. The summed E-state index contributed by atoms with van der Waals surface area (Å²) in [5.74, 6) is 1.03. The number of rotatable bonds is 5. The van der Waals surface area contributed by atoms with Crippen LogP contribution < -0.4 is 10.2 Å². The van der Waals surface area contributed by atoms with Gasteiger partial charge in [-0.15, -0.1) is 0 Å². The van der Waals surface area contributed by atoms with Crippen molar-refractivity contribution in [2.24, 2.45) is 11.0 Å². The maximum atomic E-state index is 11.4. The van der Waals surface area contributed by atoms with E-state index in [9.17, 15) is 4.79 Å². The van der Waals surface area contributed by atoms with Crippen molar-refractivity contribution < 1.29 is 9.53 Å². The molecule has 1 aliphatic carbocycles. The minimum atomic E-state index is -0.228. The largest absolute Gasteiger partial charge is 0.484 e. The van der Waals surface area contributed by atoms with E-state index >= 15 is 0 Å². The van der Waals surface area contributed by atoms with Gasteiger partial charge in [0.2, 0.25) is 0 Å². The van der Waals surface area contributed by atoms with Crippen LogP contribution in [-0.2, 0) is 4.79 Å². The lowest BCUT2D eigenvalue weighted by Crippen LogP contribution is -2.25. The maximum absolute atomic E-state index is 11.4. The zero-order valence-electron chi connectivity index (χ0n) is 9.85. The first kappa shape index (κ1) is 11.6. The molecule has 1 N–H and O–H groups in total. The van der Waals surface area contributed by atoms with Crippen LogP contribution in [0.5, 0.6) is 5.75 Å². The Labute approximate surface area is 101 Å². The third kappa shape index (κ3) is 3.90. The molecule has 4 nitrogen and oxygen atoms in total. The van der Waals surface area contributed by atoms with Crippen LogP contribution in [0.1, 0.15) is 19.8 Å². The summed E-state index contributed by atoms with van der Waals surface area (Å²) in [7, 11) is 0. The SMILES string of the molecule is C/C(=N/NC(=O)COc1ccccc1)C1CC1. The zero-order chi connectivity index (χ0) is 12.1. The highest BCUT2D eigenvalue weighted by Gasteiger charge is 2.24. The molecule has 0 spiro atoms. The smallest absolute Gasteiger partial charge is 0.277 e. The second-order valence-electron chi connectivity index (χ2n) is 4.16. The molecule has 1 amide bonds. The van der Waals surface area contributed by atoms with Gasteiger partial charge in [-0.1, -0.05) is 18.2 Å². The lowest BCUT2D eigenvalue weighted by atomic mass is 10.3. The molecule has 0 saturated heterocycles. The summed E-state index contributed by atoms with van der Waals surface area (Å²) in [6.07, 6.45) is 2.37. The molecule has 1 aliphatic rings. The van der Waals surface area contributed by atoms with Gasteiger partial charge in [-0.2, -0.15) is 5.10 Å². The van der Waals surface area contributed by atoms with E-state index in [0.717, 1.165) is 5.71 Å². The normalized spacial score (nSPS) is 15.5. The van der Waals surface area contributed by atoms with Crippen molar-refractivity contribution in [3.8, 4) is 5.75 Å². The first-order valence-corrected chi connectivity index (χ1v) is 5.76. The number of para-hydroxylation sites is 1. The number of nitrogens with zero attached hydrogens (tertiary/aromatic N) is 1. The van der Waals surface area contributed by atoms with Crippen LogP contribution in [0, 0.1) is 5.92 Å². The quantitative estimate of drug-likeness (QED) is 0.623. The Morgan fingerprint density at radius 3 is 2.76 bits per heavy atom. The molecule has 17 heavy (non-hydrogen) atoms. The molecule has 1 aromatic rings. The molecule has 0 radical (unpaired) electrons. The van der Waals surface area contributed by atoms with Crippen molar-refractivity contribution >= 4 is 11.6 Å². The number of hydrazone groups is 1. The zero-order valence-corrected chi connectivity index (χ0v) is 9.85. The topological polar surface area (TPSA) is 50.7 Å². The van der Waals surface area contributed by atoms with E-state index in [-0.39, 0.29) is 12.5 Å². The Morgan fingerprint density at radius 2 is 2.12 bits per heavy atom. The highest BCUT2D eigenvalue weighted by atomic mass is 16.5. The molecule has 0 bridgehead atoms. The molecule has 1 fully saturated rings. The highest BCUT2D eigenvalue weighted by molar-refractivity contribution is 5.88. The van der Waals surface area contributed by atoms with Gasteiger partial charge >= 0.3 is 0 Å². The van der Waals surface area contributed by atoms with Gasteiger partial charge < -0.3 is 4.74 Å². The number of carbonyl (C=O) groups excluding carboxylic acids is 1. The molecule has 90 valence electrons. The molecule has 2 rings (SSSR count). The van der Waals surface area contributed by atoms with Crippen LogP contribution >= 0.6 is 0 Å². The summed E-state index contributed by atoms with van der Waals surface area (Å²) in [5, 5.41) is 4.04. The van der Waals surface area contributed by atoms with Gasteiger partial charge in [0.1, 0.15) is 5.75 Å². The first-order valence-electron chi connectivity index (χ1n) is 5.76. The van der Waals surface area contributed by atoms with E-state index in [1.807, 2.05) is 37.3 Å². The van der Waals surface area contributed by atoms with Crippen LogP contribution in [0.25, 0.3) is 0 Å². The molecule has 0 aliphatic heterocycles. The number of carbonyl (C=O) groups is 1. The molecule has 0 atom stereocenters. The van der Waals surface area contributed by atoms with Gasteiger partial charge in [-0.25, -0.2) is 5.43 Å². The van der Waals surface area contributed by atoms with Crippen LogP contribution in [0.3, 0.4) is 0 Å². The van der Waals surface area contributed by atoms with Crippen LogP contribution in [0.4, 0.5) is 0 Å². The van der Waals surface area contributed by atoms with Crippen molar-refractivity contribution in [2.45, 2.75) is 19.8 Å². The van der Waals surface area contributed by atoms with E-state index < -0.39 is 0 Å². The minimum Gasteiger partial charge on any atom is -0.484 e. The molecule has 1 aromatic carbocycles. The Balaban J connectivity index is 1.72. The van der Waals surface area contributed by atoms with Crippen LogP contribution in [0.15, 0.2) is 35.4 Å². The van der Waals surface area contributed by atoms with Crippen molar-refractivity contribution in [1.82, 2.24) is 5.43 Å². The van der Waals surface area contributed by atoms with Gasteiger partial charge in [0.15, 0.2) is 6.61 Å². The summed E-state index contributed by atoms with van der Waals surface area (Å²) in [6, 6.07) is 9.25. The Bertz CT molecular complexity index is 411. The second kappa shape index (κ2) is 5.48. The monoisotopic (exact) mass is 232 g/mol. The van der Waals surface area contributed by atoms with Gasteiger partial charge in [0.25, 0.3) is 5.91 Å². The third-order valence-electron chi connectivity index (χ3n) is 2.64. The van der Waals surface area contributed by atoms with Gasteiger partial charge in [-0.05, 0) is 37.8 Å². The van der Waals surface area contributed by atoms with Crippen LogP contribution in [0.2, 0.25) is 0 Å². The van der Waals surface area contributed by atoms with E-state index in [4.69, 9.17) is 4.74 Å². The average molecular weight is 232 g/mol. The molecular weight excluding hydrogens is 216 g/mol. The van der Waals surface area contributed by atoms with Crippen molar-refractivity contribution in [3.63, 3.8) is 0 Å². The van der Waals surface area contributed by atoms with E-state index in [1.54, 1.807) is 0 Å². The molecule has 4 heteroatoms. The fourth-order valence-corrected chi connectivity index (χ4v) is 1.44. The minimum absolute atomic E-state index is 0.00847. The summed E-state index contributed by atoms with van der Waals surface area (Å²) in [5.41, 5.74) is 3.50. The number of hydrogen-bond donors (Lipinski definition) is 1. The number of benzene rings is 1. The number of amides is 1. The van der Waals surface area contributed by atoms with Crippen molar-refractivity contribution in [1.29, 1.82) is 0 Å². The summed E-state index contributed by atoms with van der Waals surface area (Å²) >= 11 is 0. The predicted octanol–water partition coefficient (Wildman–Crippen LogP) is 1.97. The van der Waals surface area contributed by atoms with E-state index in [0.29, 0.717) is 11.7 Å². The standard InChI is InChI=1S/C13H16N2O2/c1-10(11-7-8-11)14-15-13(16)9-17-12-5-3-2-4-6-12/h2-6,11H,7-9H2,1H3,(H,15,16)/b14-10-. The summed E-state index contributed by atoms with van der Waals surface area (Å²) in [4.78, 5) is 11.4. The number of hydrogen-bond acceptors (Lipinski definition) is 3. The molecular formula is C13H16N2O2. The Hall–Kier alpha value is -1.84. The Kier molecular flexibility index (Phi) is 3.75. The fourth-order valence-electron chi connectivity index (χ4n) is 1.44. The fraction of sp³-hybridized carbons (Fsp3) is 0.385. The second-order valence-corrected chi connectivity index (χ2v) is 4.16. The third-order valence-corrected chi connectivity index (χ3v) is 2.64. The molecule has 0 unspecified atom stereocenters. The van der Waals surface area contributed by atoms with Gasteiger partial charge in [0.05, 0.1) is 0 Å². The Morgan fingerprint density at radius 1 is 1.41 bits per heavy atom. The van der Waals surface area contributed by atoms with Crippen LogP contribution in [-0.4, -0.2) is 18.2 Å². The van der Waals surface area contributed by atoms with Gasteiger partial charge in [-0.3, -0.25) is 4.79 Å². The lowest BCUT2D eigenvalue weighted by molar-refractivity contribution is -0.123. The molecule has 0 heterocycles. The van der Waals surface area contributed by atoms with E-state index in [1.165, 1.54) is 12.8 Å². The summed E-state index contributed by atoms with van der Waals surface area (Å²) < 4.78 is 5.29. The lowest BCUT2D eigenvalue weighted by Gasteiger charge is -2.04. The average Bonchev–Trinajstić information content (AvgIpc) is 3.19. The number of nitrogens with one attached hydrogen (secondary N) is 1. The molecule has 0 aromatic heterocycles. The highest BCUT2D eigenvalue weighted by Crippen LogP contribution is 2.30. The summed E-state index contributed by atoms with van der Waals surface area (Å²) in [6.45, 7) is 1.93. The number of ether oxygens (including phenoxy) is 1. The van der Waals surface area contributed by atoms with Gasteiger partial charge in [0, 0.05) is 5.71 Å². The van der Waals surface area contributed by atoms with Crippen molar-refractivity contribution in [2.75, 3.05) is 6.61 Å².